The van der Waals surface area contributed by atoms with Gasteiger partial charge < -0.3 is 9.80 Å². The molecule has 1 aliphatic rings. The summed E-state index contributed by atoms with van der Waals surface area (Å²) < 4.78 is 38.4. The van der Waals surface area contributed by atoms with Crippen LogP contribution in [0.2, 0.25) is 0 Å². The van der Waals surface area contributed by atoms with Crippen LogP contribution in [0.3, 0.4) is 0 Å². The molecule has 3 rings (SSSR count). The second-order valence-electron chi connectivity index (χ2n) is 6.49. The van der Waals surface area contributed by atoms with Crippen molar-refractivity contribution in [1.82, 2.24) is 25.0 Å². The van der Waals surface area contributed by atoms with Crippen LogP contribution in [0.1, 0.15) is 34.6 Å². The van der Waals surface area contributed by atoms with Gasteiger partial charge in [0.2, 0.25) is 0 Å². The number of H-pyrrole nitrogens is 1. The Morgan fingerprint density at radius 3 is 2.69 bits per heavy atom. The van der Waals surface area contributed by atoms with Gasteiger partial charge >= 0.3 is 6.18 Å². The first-order valence-electron chi connectivity index (χ1n) is 8.35. The number of hydrogen-bond acceptors (Lipinski definition) is 4. The van der Waals surface area contributed by atoms with Crippen LogP contribution < -0.4 is 0 Å². The molecule has 0 saturated carbocycles. The number of pyridine rings is 1. The van der Waals surface area contributed by atoms with Gasteiger partial charge in [0.25, 0.3) is 5.91 Å². The van der Waals surface area contributed by atoms with Crippen molar-refractivity contribution in [1.29, 1.82) is 0 Å². The van der Waals surface area contributed by atoms with Crippen LogP contribution in [0, 0.1) is 0 Å². The Hall–Kier alpha value is -2.42. The lowest BCUT2D eigenvalue weighted by molar-refractivity contribution is -0.141. The summed E-state index contributed by atoms with van der Waals surface area (Å²) in [7, 11) is 2.01. The maximum Gasteiger partial charge on any atom is 0.432 e. The van der Waals surface area contributed by atoms with Gasteiger partial charge in [-0.15, -0.1) is 0 Å². The second kappa shape index (κ2) is 7.45. The molecule has 0 atom stereocenters. The number of halogens is 3. The zero-order chi connectivity index (χ0) is 18.7. The van der Waals surface area contributed by atoms with E-state index < -0.39 is 17.8 Å². The van der Waals surface area contributed by atoms with E-state index in [2.05, 4.69) is 15.0 Å². The van der Waals surface area contributed by atoms with Gasteiger partial charge in [-0.05, 0) is 44.6 Å². The number of nitrogens with one attached hydrogen (secondary N) is 1. The largest absolute Gasteiger partial charge is 0.432 e. The van der Waals surface area contributed by atoms with Gasteiger partial charge in [-0.25, -0.2) is 0 Å². The van der Waals surface area contributed by atoms with E-state index >= 15 is 0 Å². The number of likely N-dealkylation sites (tertiary alicyclic amines) is 1. The van der Waals surface area contributed by atoms with E-state index in [4.69, 9.17) is 0 Å². The summed E-state index contributed by atoms with van der Waals surface area (Å²) >= 11 is 0. The van der Waals surface area contributed by atoms with Gasteiger partial charge in [0.05, 0.1) is 0 Å². The normalized spacial score (nSPS) is 16.6. The Balaban J connectivity index is 1.84. The third-order valence-electron chi connectivity index (χ3n) is 4.57. The molecular weight excluding hydrogens is 347 g/mol. The van der Waals surface area contributed by atoms with Crippen molar-refractivity contribution in [3.05, 3.63) is 47.5 Å². The molecule has 0 bridgehead atoms. The van der Waals surface area contributed by atoms with Gasteiger partial charge in [0.1, 0.15) is 5.69 Å². The van der Waals surface area contributed by atoms with Gasteiger partial charge in [-0.2, -0.15) is 18.3 Å². The lowest BCUT2D eigenvalue weighted by Gasteiger charge is -2.37. The van der Waals surface area contributed by atoms with Crippen LogP contribution in [0.15, 0.2) is 30.6 Å². The van der Waals surface area contributed by atoms with E-state index in [-0.39, 0.29) is 18.3 Å². The third kappa shape index (κ3) is 4.21. The quantitative estimate of drug-likeness (QED) is 0.902. The maximum atomic E-state index is 12.9. The summed E-state index contributed by atoms with van der Waals surface area (Å²) in [5.74, 6) is -0.504. The molecule has 0 radical (unpaired) electrons. The van der Waals surface area contributed by atoms with Crippen LogP contribution in [0.25, 0.3) is 0 Å². The molecule has 0 aliphatic carbocycles. The highest BCUT2D eigenvalue weighted by Crippen LogP contribution is 2.28. The van der Waals surface area contributed by atoms with Gasteiger partial charge in [-0.1, -0.05) is 6.07 Å². The lowest BCUT2D eigenvalue weighted by Crippen LogP contribution is -2.46. The van der Waals surface area contributed by atoms with Crippen molar-refractivity contribution in [3.63, 3.8) is 0 Å². The Kier molecular flexibility index (Phi) is 5.26. The van der Waals surface area contributed by atoms with Crippen LogP contribution in [0.5, 0.6) is 0 Å². The van der Waals surface area contributed by atoms with Crippen molar-refractivity contribution in [3.8, 4) is 0 Å². The highest BCUT2D eigenvalue weighted by atomic mass is 19.4. The fourth-order valence-corrected chi connectivity index (χ4v) is 3.09. The average molecular weight is 367 g/mol. The molecule has 9 heteroatoms. The number of rotatable bonds is 4. The monoisotopic (exact) mass is 367 g/mol. The fourth-order valence-electron chi connectivity index (χ4n) is 3.09. The first kappa shape index (κ1) is 18.4. The zero-order valence-corrected chi connectivity index (χ0v) is 14.3. The van der Waals surface area contributed by atoms with E-state index in [0.29, 0.717) is 0 Å². The second-order valence-corrected chi connectivity index (χ2v) is 6.49. The Morgan fingerprint density at radius 2 is 2.12 bits per heavy atom. The molecule has 2 aromatic heterocycles. The van der Waals surface area contributed by atoms with Crippen molar-refractivity contribution >= 4 is 5.91 Å². The molecule has 1 amide bonds. The molecule has 1 saturated heterocycles. The Bertz CT molecular complexity index is 738. The van der Waals surface area contributed by atoms with E-state index in [1.807, 2.05) is 18.2 Å². The summed E-state index contributed by atoms with van der Waals surface area (Å²) in [5, 5.41) is 5.50. The summed E-state index contributed by atoms with van der Waals surface area (Å²) in [6, 6.07) is 4.33. The SMILES string of the molecule is CN1CCC(N(Cc2cccnc2)C(=O)c2cc(C(F)(F)F)[nH]n2)CC1. The Labute approximate surface area is 149 Å². The van der Waals surface area contributed by atoms with Crippen LogP contribution in [-0.4, -0.2) is 57.1 Å². The molecule has 26 heavy (non-hydrogen) atoms. The highest BCUT2D eigenvalue weighted by molar-refractivity contribution is 5.92. The molecule has 0 aromatic carbocycles. The number of aromatic amines is 1. The first-order valence-corrected chi connectivity index (χ1v) is 8.35. The number of hydrogen-bond donors (Lipinski definition) is 1. The summed E-state index contributed by atoms with van der Waals surface area (Å²) in [6.07, 6.45) is 0.251. The van der Waals surface area contributed by atoms with Crippen molar-refractivity contribution in [2.75, 3.05) is 20.1 Å². The van der Waals surface area contributed by atoms with Crippen LogP contribution in [0.4, 0.5) is 13.2 Å². The number of aromatic nitrogens is 3. The molecule has 140 valence electrons. The minimum Gasteiger partial charge on any atom is -0.330 e. The first-order chi connectivity index (χ1) is 12.3. The number of piperidine rings is 1. The Morgan fingerprint density at radius 1 is 1.38 bits per heavy atom. The predicted octanol–water partition coefficient (Wildman–Crippen LogP) is 2.56. The van der Waals surface area contributed by atoms with Gasteiger partial charge in [0, 0.05) is 31.0 Å². The molecule has 6 nitrogen and oxygen atoms in total. The molecule has 1 N–H and O–H groups in total. The minimum atomic E-state index is -4.56. The number of amides is 1. The number of carbonyl (C=O) groups is 1. The van der Waals surface area contributed by atoms with Crippen LogP contribution >= 0.6 is 0 Å². The molecule has 0 unspecified atom stereocenters. The van der Waals surface area contributed by atoms with E-state index in [1.54, 1.807) is 23.4 Å². The summed E-state index contributed by atoms with van der Waals surface area (Å²) in [4.78, 5) is 20.7. The standard InChI is InChI=1S/C17H20F3N5O/c1-24-7-4-13(5-8-24)25(11-12-3-2-6-21-10-12)16(26)14-9-15(23-22-14)17(18,19)20/h2-3,6,9-10,13H,4-5,7-8,11H2,1H3,(H,22,23). The van der Waals surface area contributed by atoms with Crippen LogP contribution in [-0.2, 0) is 12.7 Å². The summed E-state index contributed by atoms with van der Waals surface area (Å²) in [5.41, 5.74) is -0.419. The molecular formula is C17H20F3N5O. The van der Waals surface area contributed by atoms with Gasteiger partial charge in [0.15, 0.2) is 5.69 Å². The molecule has 2 aromatic rings. The van der Waals surface area contributed by atoms with E-state index in [1.165, 1.54) is 0 Å². The summed E-state index contributed by atoms with van der Waals surface area (Å²) in [6.45, 7) is 1.95. The third-order valence-corrected chi connectivity index (χ3v) is 4.57. The van der Waals surface area contributed by atoms with E-state index in [9.17, 15) is 18.0 Å². The number of alkyl halides is 3. The lowest BCUT2D eigenvalue weighted by atomic mass is 10.0. The highest BCUT2D eigenvalue weighted by Gasteiger charge is 2.35. The minimum absolute atomic E-state index is 0.0510. The predicted molar refractivity (Wildman–Crippen MR) is 88.2 cm³/mol. The van der Waals surface area contributed by atoms with Crippen molar-refractivity contribution in [2.45, 2.75) is 31.6 Å². The molecule has 1 aliphatic heterocycles. The molecule has 1 fully saturated rings. The molecule has 3 heterocycles. The van der Waals surface area contributed by atoms with E-state index in [0.717, 1.165) is 37.6 Å². The average Bonchev–Trinajstić information content (AvgIpc) is 3.11. The topological polar surface area (TPSA) is 65.1 Å². The van der Waals surface area contributed by atoms with Crippen molar-refractivity contribution in [2.24, 2.45) is 0 Å². The smallest absolute Gasteiger partial charge is 0.330 e. The zero-order valence-electron chi connectivity index (χ0n) is 14.3. The maximum absolute atomic E-state index is 12.9. The number of carbonyl (C=O) groups excluding carboxylic acids is 1. The van der Waals surface area contributed by atoms with Gasteiger partial charge in [-0.3, -0.25) is 14.9 Å². The fraction of sp³-hybridized carbons (Fsp3) is 0.471. The number of nitrogens with zero attached hydrogens (tertiary/aromatic N) is 4. The molecule has 0 spiro atoms. The van der Waals surface area contributed by atoms with Crippen molar-refractivity contribution < 1.29 is 18.0 Å².